The van der Waals surface area contributed by atoms with Crippen LogP contribution in [0.1, 0.15) is 10.7 Å². The lowest BCUT2D eigenvalue weighted by atomic mass is 10.2. The summed E-state index contributed by atoms with van der Waals surface area (Å²) in [5, 5.41) is 5.39. The molecule has 152 valence electrons. The molecule has 0 saturated heterocycles. The van der Waals surface area contributed by atoms with Crippen molar-refractivity contribution in [2.24, 2.45) is 4.99 Å². The van der Waals surface area contributed by atoms with Crippen LogP contribution in [-0.4, -0.2) is 59.3 Å². The van der Waals surface area contributed by atoms with Crippen LogP contribution < -0.4 is 5.32 Å². The fourth-order valence-electron chi connectivity index (χ4n) is 2.68. The first-order chi connectivity index (χ1) is 14.0. The first-order valence-electron chi connectivity index (χ1n) is 9.34. The zero-order valence-corrected chi connectivity index (χ0v) is 17.7. The number of guanidine groups is 1. The van der Waals surface area contributed by atoms with E-state index in [0.29, 0.717) is 19.0 Å². The number of nitrogens with one attached hydrogen (secondary N) is 2. The standard InChI is InChI=1S/C21H26N6OS/c1-26(2)20(28)14-24-21(23-12-17-10-7-11-29-17)27(3)15-19-22-13-18(25-19)16-8-5-4-6-9-16/h4-11,13H,12,14-15H2,1-3H3,(H,22,25)(H,23,24). The molecule has 0 fully saturated rings. The summed E-state index contributed by atoms with van der Waals surface area (Å²) in [5.41, 5.74) is 2.07. The lowest BCUT2D eigenvalue weighted by Crippen LogP contribution is -2.39. The fourth-order valence-corrected chi connectivity index (χ4v) is 3.33. The van der Waals surface area contributed by atoms with Crippen molar-refractivity contribution in [1.29, 1.82) is 0 Å². The van der Waals surface area contributed by atoms with Crippen LogP contribution in [0.3, 0.4) is 0 Å². The monoisotopic (exact) mass is 410 g/mol. The Bertz CT molecular complexity index is 933. The van der Waals surface area contributed by atoms with Crippen molar-refractivity contribution >= 4 is 23.2 Å². The molecule has 29 heavy (non-hydrogen) atoms. The van der Waals surface area contributed by atoms with Crippen LogP contribution in [0.2, 0.25) is 0 Å². The Labute approximate surface area is 175 Å². The van der Waals surface area contributed by atoms with E-state index in [1.54, 1.807) is 30.3 Å². The van der Waals surface area contributed by atoms with E-state index in [-0.39, 0.29) is 12.5 Å². The zero-order valence-electron chi connectivity index (χ0n) is 16.9. The molecule has 2 aromatic heterocycles. The highest BCUT2D eigenvalue weighted by Crippen LogP contribution is 2.16. The fraction of sp³-hybridized carbons (Fsp3) is 0.286. The normalized spacial score (nSPS) is 11.3. The van der Waals surface area contributed by atoms with Gasteiger partial charge < -0.3 is 20.1 Å². The molecule has 1 amide bonds. The Morgan fingerprint density at radius 3 is 2.66 bits per heavy atom. The van der Waals surface area contributed by atoms with E-state index in [1.807, 2.05) is 59.9 Å². The molecule has 2 heterocycles. The van der Waals surface area contributed by atoms with Gasteiger partial charge in [-0.05, 0) is 17.0 Å². The van der Waals surface area contributed by atoms with E-state index in [0.717, 1.165) is 17.1 Å². The van der Waals surface area contributed by atoms with Crippen molar-refractivity contribution in [2.45, 2.75) is 13.1 Å². The van der Waals surface area contributed by atoms with Crippen LogP contribution in [0.5, 0.6) is 0 Å². The third-order valence-electron chi connectivity index (χ3n) is 4.33. The highest BCUT2D eigenvalue weighted by Gasteiger charge is 2.12. The number of amides is 1. The van der Waals surface area contributed by atoms with Crippen molar-refractivity contribution in [3.8, 4) is 11.3 Å². The summed E-state index contributed by atoms with van der Waals surface area (Å²) in [7, 11) is 5.40. The molecular weight excluding hydrogens is 384 g/mol. The van der Waals surface area contributed by atoms with Crippen LogP contribution in [-0.2, 0) is 17.9 Å². The average Bonchev–Trinajstić information content (AvgIpc) is 3.40. The molecule has 0 unspecified atom stereocenters. The van der Waals surface area contributed by atoms with E-state index in [2.05, 4.69) is 26.3 Å². The van der Waals surface area contributed by atoms with Gasteiger partial charge in [0.2, 0.25) is 5.91 Å². The minimum atomic E-state index is -0.0433. The quantitative estimate of drug-likeness (QED) is 0.464. The summed E-state index contributed by atoms with van der Waals surface area (Å²) in [6.07, 6.45) is 1.84. The Kier molecular flexibility index (Phi) is 7.02. The molecule has 0 saturated carbocycles. The molecule has 0 spiro atoms. The number of hydrogen-bond acceptors (Lipinski definition) is 4. The molecule has 0 aliphatic heterocycles. The number of carbonyl (C=O) groups excluding carboxylic acids is 1. The number of rotatable bonds is 7. The van der Waals surface area contributed by atoms with Gasteiger partial charge in [0.05, 0.1) is 25.0 Å². The topological polar surface area (TPSA) is 76.6 Å². The third-order valence-corrected chi connectivity index (χ3v) is 5.20. The first kappa shape index (κ1) is 20.6. The molecule has 0 atom stereocenters. The molecule has 2 N–H and O–H groups in total. The van der Waals surface area contributed by atoms with E-state index in [4.69, 9.17) is 0 Å². The SMILES string of the molecule is CN(C)C(=O)CN=C(NCc1cccs1)N(C)Cc1ncc(-c2ccccc2)[nH]1. The van der Waals surface area contributed by atoms with Crippen molar-refractivity contribution in [1.82, 2.24) is 25.1 Å². The minimum absolute atomic E-state index is 0.0433. The molecule has 0 bridgehead atoms. The van der Waals surface area contributed by atoms with E-state index in [1.165, 1.54) is 4.88 Å². The number of benzene rings is 1. The van der Waals surface area contributed by atoms with Crippen molar-refractivity contribution in [2.75, 3.05) is 27.7 Å². The molecule has 0 radical (unpaired) electrons. The third kappa shape index (κ3) is 5.92. The van der Waals surface area contributed by atoms with Crippen molar-refractivity contribution in [3.05, 3.63) is 64.7 Å². The maximum Gasteiger partial charge on any atom is 0.243 e. The van der Waals surface area contributed by atoms with Gasteiger partial charge in [-0.3, -0.25) is 4.79 Å². The first-order valence-corrected chi connectivity index (χ1v) is 10.2. The molecule has 3 aromatic rings. The summed E-state index contributed by atoms with van der Waals surface area (Å²) in [6.45, 7) is 1.29. The van der Waals surface area contributed by atoms with Gasteiger partial charge in [-0.2, -0.15) is 0 Å². The predicted octanol–water partition coefficient (Wildman–Crippen LogP) is 2.80. The molecule has 0 aliphatic carbocycles. The molecule has 7 nitrogen and oxygen atoms in total. The Morgan fingerprint density at radius 2 is 1.97 bits per heavy atom. The number of aromatic amines is 1. The summed E-state index contributed by atoms with van der Waals surface area (Å²) < 4.78 is 0. The number of hydrogen-bond donors (Lipinski definition) is 2. The molecule has 3 rings (SSSR count). The maximum absolute atomic E-state index is 12.0. The highest BCUT2D eigenvalue weighted by molar-refractivity contribution is 7.09. The lowest BCUT2D eigenvalue weighted by molar-refractivity contribution is -0.127. The second kappa shape index (κ2) is 9.88. The number of aliphatic imine (C=N–C) groups is 1. The average molecular weight is 411 g/mol. The van der Waals surface area contributed by atoms with Crippen molar-refractivity contribution in [3.63, 3.8) is 0 Å². The van der Waals surface area contributed by atoms with Gasteiger partial charge in [-0.1, -0.05) is 36.4 Å². The van der Waals surface area contributed by atoms with Gasteiger partial charge in [0.25, 0.3) is 0 Å². The number of imidazole rings is 1. The van der Waals surface area contributed by atoms with Gasteiger partial charge in [-0.15, -0.1) is 11.3 Å². The predicted molar refractivity (Wildman–Crippen MR) is 118 cm³/mol. The molecule has 0 aliphatic rings. The number of H-pyrrole nitrogens is 1. The summed E-state index contributed by atoms with van der Waals surface area (Å²) in [5.74, 6) is 1.44. The smallest absolute Gasteiger partial charge is 0.243 e. The molecular formula is C21H26N6OS. The van der Waals surface area contributed by atoms with Gasteiger partial charge in [0.1, 0.15) is 12.4 Å². The van der Waals surface area contributed by atoms with Gasteiger partial charge >= 0.3 is 0 Å². The largest absolute Gasteiger partial charge is 0.351 e. The van der Waals surface area contributed by atoms with Crippen LogP contribution in [0, 0.1) is 0 Å². The highest BCUT2D eigenvalue weighted by atomic mass is 32.1. The molecule has 1 aromatic carbocycles. The second-order valence-corrected chi connectivity index (χ2v) is 7.86. The number of likely N-dealkylation sites (N-methyl/N-ethyl adjacent to an activating group) is 1. The number of nitrogens with zero attached hydrogens (tertiary/aromatic N) is 4. The van der Waals surface area contributed by atoms with Gasteiger partial charge in [-0.25, -0.2) is 9.98 Å². The Morgan fingerprint density at radius 1 is 1.17 bits per heavy atom. The summed E-state index contributed by atoms with van der Waals surface area (Å²) >= 11 is 1.68. The number of carbonyl (C=O) groups is 1. The lowest BCUT2D eigenvalue weighted by Gasteiger charge is -2.21. The number of aromatic nitrogens is 2. The van der Waals surface area contributed by atoms with Crippen molar-refractivity contribution < 1.29 is 4.79 Å². The maximum atomic E-state index is 12.0. The van der Waals surface area contributed by atoms with E-state index >= 15 is 0 Å². The minimum Gasteiger partial charge on any atom is -0.351 e. The Hall–Kier alpha value is -3.13. The summed E-state index contributed by atoms with van der Waals surface area (Å²) in [4.78, 5) is 29.0. The Balaban J connectivity index is 1.69. The van der Waals surface area contributed by atoms with Gasteiger partial charge in [0, 0.05) is 26.0 Å². The van der Waals surface area contributed by atoms with Crippen LogP contribution in [0.4, 0.5) is 0 Å². The number of thiophene rings is 1. The van der Waals surface area contributed by atoms with E-state index < -0.39 is 0 Å². The summed E-state index contributed by atoms with van der Waals surface area (Å²) in [6, 6.07) is 14.2. The van der Waals surface area contributed by atoms with Crippen LogP contribution in [0.15, 0.2) is 59.0 Å². The molecule has 8 heteroatoms. The van der Waals surface area contributed by atoms with Gasteiger partial charge in [0.15, 0.2) is 5.96 Å². The van der Waals surface area contributed by atoms with E-state index in [9.17, 15) is 4.79 Å². The van der Waals surface area contributed by atoms with Crippen LogP contribution in [0.25, 0.3) is 11.3 Å². The van der Waals surface area contributed by atoms with Crippen LogP contribution >= 0.6 is 11.3 Å². The zero-order chi connectivity index (χ0) is 20.6. The second-order valence-electron chi connectivity index (χ2n) is 6.83.